The fourth-order valence-corrected chi connectivity index (χ4v) is 1.90. The lowest BCUT2D eigenvalue weighted by atomic mass is 9.98. The molecule has 0 heterocycles. The van der Waals surface area contributed by atoms with E-state index >= 15 is 0 Å². The highest BCUT2D eigenvalue weighted by Crippen LogP contribution is 2.13. The van der Waals surface area contributed by atoms with Gasteiger partial charge in [0.05, 0.1) is 6.10 Å². The Hall–Kier alpha value is -0.900. The number of hydrazine groups is 1. The Kier molecular flexibility index (Phi) is 6.19. The minimum absolute atomic E-state index is 0.294. The van der Waals surface area contributed by atoms with Crippen LogP contribution in [0.25, 0.3) is 0 Å². The van der Waals surface area contributed by atoms with E-state index in [9.17, 15) is 0 Å². The molecule has 0 amide bonds. The average Bonchev–Trinajstić information content (AvgIpc) is 2.36. The summed E-state index contributed by atoms with van der Waals surface area (Å²) >= 11 is 0. The van der Waals surface area contributed by atoms with Crippen molar-refractivity contribution in [2.24, 2.45) is 5.84 Å². The van der Waals surface area contributed by atoms with Crippen molar-refractivity contribution < 1.29 is 4.74 Å². The number of aryl methyl sites for hydroxylation is 1. The summed E-state index contributed by atoms with van der Waals surface area (Å²) in [6.45, 7) is 4.22. The summed E-state index contributed by atoms with van der Waals surface area (Å²) in [4.78, 5) is 0. The molecule has 0 saturated carbocycles. The minimum Gasteiger partial charge on any atom is -0.382 e. The third-order valence-corrected chi connectivity index (χ3v) is 3.29. The maximum atomic E-state index is 5.61. The molecule has 0 radical (unpaired) electrons. The molecule has 17 heavy (non-hydrogen) atoms. The fourth-order valence-electron chi connectivity index (χ4n) is 1.90. The van der Waals surface area contributed by atoms with Crippen LogP contribution in [0, 0.1) is 6.92 Å². The topological polar surface area (TPSA) is 47.3 Å². The molecule has 0 fully saturated rings. The van der Waals surface area contributed by atoms with Gasteiger partial charge in [0.15, 0.2) is 0 Å². The molecular formula is C14H24N2O. The largest absolute Gasteiger partial charge is 0.382 e. The van der Waals surface area contributed by atoms with E-state index in [1.165, 1.54) is 11.1 Å². The summed E-state index contributed by atoms with van der Waals surface area (Å²) in [5, 5.41) is 0. The van der Waals surface area contributed by atoms with Crippen LogP contribution in [0.15, 0.2) is 24.3 Å². The zero-order valence-corrected chi connectivity index (χ0v) is 11.1. The first-order valence-electron chi connectivity index (χ1n) is 6.20. The third-order valence-electron chi connectivity index (χ3n) is 3.29. The Morgan fingerprint density at radius 3 is 2.59 bits per heavy atom. The van der Waals surface area contributed by atoms with E-state index in [2.05, 4.69) is 43.5 Å². The van der Waals surface area contributed by atoms with Crippen LogP contribution in [0.1, 0.15) is 30.9 Å². The molecule has 2 unspecified atom stereocenters. The average molecular weight is 236 g/mol. The van der Waals surface area contributed by atoms with Crippen LogP contribution in [0.4, 0.5) is 0 Å². The molecule has 2 atom stereocenters. The lowest BCUT2D eigenvalue weighted by molar-refractivity contribution is 0.106. The standard InChI is InChI=1S/C14H24N2O/c1-11-6-4-5-7-13(11)10-14(16-15)9-8-12(2)17-3/h4-7,12,14,16H,8-10,15H2,1-3H3. The molecule has 3 heteroatoms. The van der Waals surface area contributed by atoms with Gasteiger partial charge in [0.25, 0.3) is 0 Å². The van der Waals surface area contributed by atoms with Crippen LogP contribution in [0.3, 0.4) is 0 Å². The van der Waals surface area contributed by atoms with Gasteiger partial charge in [-0.2, -0.15) is 0 Å². The highest BCUT2D eigenvalue weighted by Gasteiger charge is 2.11. The van der Waals surface area contributed by atoms with Crippen molar-refractivity contribution >= 4 is 0 Å². The molecule has 3 nitrogen and oxygen atoms in total. The normalized spacial score (nSPS) is 14.6. The molecule has 1 aromatic rings. The molecule has 1 aromatic carbocycles. The van der Waals surface area contributed by atoms with Crippen molar-refractivity contribution in [2.45, 2.75) is 45.3 Å². The first kappa shape index (κ1) is 14.2. The number of rotatable bonds is 7. The van der Waals surface area contributed by atoms with Crippen LogP contribution in [0.5, 0.6) is 0 Å². The van der Waals surface area contributed by atoms with Crippen LogP contribution in [0.2, 0.25) is 0 Å². The third kappa shape index (κ3) is 4.86. The van der Waals surface area contributed by atoms with E-state index in [4.69, 9.17) is 10.6 Å². The van der Waals surface area contributed by atoms with Gasteiger partial charge in [0.2, 0.25) is 0 Å². The maximum Gasteiger partial charge on any atom is 0.0543 e. The van der Waals surface area contributed by atoms with Gasteiger partial charge >= 0.3 is 0 Å². The number of hydrogen-bond acceptors (Lipinski definition) is 3. The summed E-state index contributed by atoms with van der Waals surface area (Å²) in [6.07, 6.45) is 3.32. The molecule has 0 aliphatic heterocycles. The Balaban J connectivity index is 2.49. The van der Waals surface area contributed by atoms with Crippen LogP contribution in [-0.4, -0.2) is 19.3 Å². The molecule has 0 aliphatic carbocycles. The van der Waals surface area contributed by atoms with Crippen molar-refractivity contribution in [1.29, 1.82) is 0 Å². The quantitative estimate of drug-likeness (QED) is 0.563. The predicted molar refractivity (Wildman–Crippen MR) is 71.7 cm³/mol. The summed E-state index contributed by atoms with van der Waals surface area (Å²) in [7, 11) is 1.75. The van der Waals surface area contributed by atoms with Crippen molar-refractivity contribution in [3.8, 4) is 0 Å². The molecule has 0 bridgehead atoms. The van der Waals surface area contributed by atoms with Crippen LogP contribution in [-0.2, 0) is 11.2 Å². The zero-order valence-electron chi connectivity index (χ0n) is 11.1. The van der Waals surface area contributed by atoms with Gasteiger partial charge in [-0.1, -0.05) is 24.3 Å². The second kappa shape index (κ2) is 7.43. The number of benzene rings is 1. The molecule has 0 spiro atoms. The van der Waals surface area contributed by atoms with Crippen molar-refractivity contribution in [2.75, 3.05) is 7.11 Å². The van der Waals surface area contributed by atoms with Crippen LogP contribution < -0.4 is 11.3 Å². The first-order chi connectivity index (χ1) is 8.17. The molecule has 3 N–H and O–H groups in total. The van der Waals surface area contributed by atoms with Crippen molar-refractivity contribution in [1.82, 2.24) is 5.43 Å². The molecule has 1 rings (SSSR count). The summed E-state index contributed by atoms with van der Waals surface area (Å²) < 4.78 is 5.25. The van der Waals surface area contributed by atoms with Gasteiger partial charge in [0, 0.05) is 13.2 Å². The van der Waals surface area contributed by atoms with Gasteiger partial charge in [-0.15, -0.1) is 0 Å². The molecule has 0 aliphatic rings. The van der Waals surface area contributed by atoms with Crippen molar-refractivity contribution in [3.63, 3.8) is 0 Å². The number of nitrogens with two attached hydrogens (primary N) is 1. The highest BCUT2D eigenvalue weighted by molar-refractivity contribution is 5.26. The summed E-state index contributed by atoms with van der Waals surface area (Å²) in [5.41, 5.74) is 5.59. The van der Waals surface area contributed by atoms with E-state index < -0.39 is 0 Å². The second-order valence-electron chi connectivity index (χ2n) is 4.62. The van der Waals surface area contributed by atoms with E-state index in [-0.39, 0.29) is 0 Å². The Morgan fingerprint density at radius 2 is 2.00 bits per heavy atom. The molecule has 0 saturated heterocycles. The zero-order chi connectivity index (χ0) is 12.7. The molecular weight excluding hydrogens is 212 g/mol. The lowest BCUT2D eigenvalue weighted by Gasteiger charge is -2.19. The molecule has 0 aromatic heterocycles. The predicted octanol–water partition coefficient (Wildman–Crippen LogP) is 2.18. The minimum atomic E-state index is 0.294. The van der Waals surface area contributed by atoms with E-state index in [1.54, 1.807) is 7.11 Å². The second-order valence-corrected chi connectivity index (χ2v) is 4.62. The van der Waals surface area contributed by atoms with Gasteiger partial charge in [0.1, 0.15) is 0 Å². The Morgan fingerprint density at radius 1 is 1.29 bits per heavy atom. The first-order valence-corrected chi connectivity index (χ1v) is 6.20. The van der Waals surface area contributed by atoms with E-state index in [0.717, 1.165) is 19.3 Å². The number of ether oxygens (including phenoxy) is 1. The van der Waals surface area contributed by atoms with Gasteiger partial charge < -0.3 is 4.74 Å². The number of hydrogen-bond donors (Lipinski definition) is 2. The summed E-state index contributed by atoms with van der Waals surface area (Å²) in [6, 6.07) is 8.76. The lowest BCUT2D eigenvalue weighted by Crippen LogP contribution is -2.37. The van der Waals surface area contributed by atoms with Gasteiger partial charge in [-0.05, 0) is 44.2 Å². The van der Waals surface area contributed by atoms with Gasteiger partial charge in [-0.25, -0.2) is 0 Å². The summed E-state index contributed by atoms with van der Waals surface area (Å²) in [5.74, 6) is 5.61. The van der Waals surface area contributed by atoms with Crippen molar-refractivity contribution in [3.05, 3.63) is 35.4 Å². The Bertz CT molecular complexity index is 328. The van der Waals surface area contributed by atoms with E-state index in [1.807, 2.05) is 0 Å². The monoisotopic (exact) mass is 236 g/mol. The smallest absolute Gasteiger partial charge is 0.0543 e. The highest BCUT2D eigenvalue weighted by atomic mass is 16.5. The fraction of sp³-hybridized carbons (Fsp3) is 0.571. The van der Waals surface area contributed by atoms with Crippen LogP contribution >= 0.6 is 0 Å². The number of nitrogens with one attached hydrogen (secondary N) is 1. The van der Waals surface area contributed by atoms with Gasteiger partial charge in [-0.3, -0.25) is 11.3 Å². The SMILES string of the molecule is COC(C)CCC(Cc1ccccc1C)NN. The number of methoxy groups -OCH3 is 1. The van der Waals surface area contributed by atoms with E-state index in [0.29, 0.717) is 12.1 Å². The maximum absolute atomic E-state index is 5.61. The molecule has 96 valence electrons. The Labute approximate surface area is 104 Å².